The van der Waals surface area contributed by atoms with Crippen LogP contribution in [0, 0.1) is 0 Å². The van der Waals surface area contributed by atoms with Crippen molar-refractivity contribution in [1.82, 2.24) is 4.90 Å². The minimum absolute atomic E-state index is 0.0759. The molecule has 0 aliphatic carbocycles. The van der Waals surface area contributed by atoms with Crippen LogP contribution in [0.1, 0.15) is 18.1 Å². The van der Waals surface area contributed by atoms with Gasteiger partial charge < -0.3 is 9.47 Å². The van der Waals surface area contributed by atoms with Crippen molar-refractivity contribution in [2.24, 2.45) is 4.99 Å². The molecule has 0 aromatic heterocycles. The lowest BCUT2D eigenvalue weighted by molar-refractivity contribution is -0.126. The first-order valence-electron chi connectivity index (χ1n) is 9.63. The van der Waals surface area contributed by atoms with Gasteiger partial charge in [-0.15, -0.1) is 0 Å². The Morgan fingerprint density at radius 2 is 1.89 bits per heavy atom. The summed E-state index contributed by atoms with van der Waals surface area (Å²) < 4.78 is 11.2. The van der Waals surface area contributed by atoms with Gasteiger partial charge in [-0.25, -0.2) is 0 Å². The van der Waals surface area contributed by atoms with E-state index in [-0.39, 0.29) is 5.91 Å². The molecule has 0 bridgehead atoms. The first-order valence-corrected chi connectivity index (χ1v) is 10.5. The van der Waals surface area contributed by atoms with Gasteiger partial charge in [0.05, 0.1) is 6.42 Å². The van der Waals surface area contributed by atoms with Gasteiger partial charge in [0, 0.05) is 18.3 Å². The molecule has 1 fully saturated rings. The van der Waals surface area contributed by atoms with E-state index in [1.165, 1.54) is 5.56 Å². The van der Waals surface area contributed by atoms with Gasteiger partial charge >= 0.3 is 0 Å². The van der Waals surface area contributed by atoms with Crippen LogP contribution in [0.3, 0.4) is 0 Å². The third-order valence-electron chi connectivity index (χ3n) is 4.73. The first-order chi connectivity index (χ1) is 13.7. The molecule has 2 aromatic carbocycles. The molecule has 2 heterocycles. The number of carbonyl (C=O) groups is 1. The maximum Gasteiger partial charge on any atom is 0.232 e. The van der Waals surface area contributed by atoms with Gasteiger partial charge in [0.25, 0.3) is 0 Å². The van der Waals surface area contributed by atoms with Crippen LogP contribution in [0.5, 0.6) is 11.5 Å². The molecule has 1 saturated heterocycles. The molecule has 2 aliphatic heterocycles. The summed E-state index contributed by atoms with van der Waals surface area (Å²) in [5, 5.41) is 1.20. The molecule has 1 amide bonds. The van der Waals surface area contributed by atoms with E-state index < -0.39 is 0 Å². The number of benzene rings is 2. The highest BCUT2D eigenvalue weighted by molar-refractivity contribution is 8.14. The molecule has 2 aliphatic rings. The Morgan fingerprint density at radius 1 is 1.11 bits per heavy atom. The minimum Gasteiger partial charge on any atom is -0.486 e. The third kappa shape index (κ3) is 4.50. The molecule has 0 spiro atoms. The first kappa shape index (κ1) is 18.9. The van der Waals surface area contributed by atoms with Gasteiger partial charge in [-0.05, 0) is 29.7 Å². The summed E-state index contributed by atoms with van der Waals surface area (Å²) in [5.41, 5.74) is 2.19. The summed E-state index contributed by atoms with van der Waals surface area (Å²) >= 11 is 1.68. The molecule has 6 heteroatoms. The summed E-state index contributed by atoms with van der Waals surface area (Å²) in [6.07, 6.45) is 1.21. The van der Waals surface area contributed by atoms with Crippen molar-refractivity contribution in [2.75, 3.05) is 26.3 Å². The van der Waals surface area contributed by atoms with Crippen molar-refractivity contribution >= 4 is 22.8 Å². The molecule has 146 valence electrons. The van der Waals surface area contributed by atoms with E-state index in [2.05, 4.69) is 19.1 Å². The van der Waals surface area contributed by atoms with E-state index in [1.54, 1.807) is 11.8 Å². The zero-order valence-corrected chi connectivity index (χ0v) is 16.8. The van der Waals surface area contributed by atoms with E-state index in [0.717, 1.165) is 28.7 Å². The predicted octanol–water partition coefficient (Wildman–Crippen LogP) is 3.56. The fourth-order valence-electron chi connectivity index (χ4n) is 3.34. The maximum atomic E-state index is 12.9. The Morgan fingerprint density at radius 3 is 2.71 bits per heavy atom. The van der Waals surface area contributed by atoms with Crippen molar-refractivity contribution in [2.45, 2.75) is 25.0 Å². The topological polar surface area (TPSA) is 51.1 Å². The molecule has 1 atom stereocenters. The SMILES string of the molecule is C[C@H]1CN(C(=O)Cc2ccc3c(c2)OCCO3)C(=NCCc2ccccc2)S1. The number of nitrogens with zero attached hydrogens (tertiary/aromatic N) is 2. The smallest absolute Gasteiger partial charge is 0.232 e. The lowest BCUT2D eigenvalue weighted by Gasteiger charge is -2.20. The van der Waals surface area contributed by atoms with Crippen LogP contribution >= 0.6 is 11.8 Å². The van der Waals surface area contributed by atoms with Crippen LogP contribution in [0.25, 0.3) is 0 Å². The monoisotopic (exact) mass is 396 g/mol. The Balaban J connectivity index is 1.41. The number of carbonyl (C=O) groups excluding carboxylic acids is 1. The average Bonchev–Trinajstić information content (AvgIpc) is 3.09. The Kier molecular flexibility index (Phi) is 5.86. The number of amides is 1. The van der Waals surface area contributed by atoms with Crippen LogP contribution in [0.4, 0.5) is 0 Å². The number of thioether (sulfide) groups is 1. The molecule has 28 heavy (non-hydrogen) atoms. The molecular formula is C22H24N2O3S. The minimum atomic E-state index is 0.0759. The lowest BCUT2D eigenvalue weighted by Crippen LogP contribution is -2.34. The molecular weight excluding hydrogens is 372 g/mol. The highest BCUT2D eigenvalue weighted by Crippen LogP contribution is 2.31. The Hall–Kier alpha value is -2.47. The number of rotatable bonds is 5. The van der Waals surface area contributed by atoms with Crippen LogP contribution in [0.2, 0.25) is 0 Å². The van der Waals surface area contributed by atoms with Crippen molar-refractivity contribution in [1.29, 1.82) is 0 Å². The summed E-state index contributed by atoms with van der Waals surface area (Å²) in [7, 11) is 0. The van der Waals surface area contributed by atoms with Gasteiger partial charge in [-0.3, -0.25) is 14.7 Å². The summed E-state index contributed by atoms with van der Waals surface area (Å²) in [6, 6.07) is 16.0. The number of hydrogen-bond acceptors (Lipinski definition) is 5. The van der Waals surface area contributed by atoms with E-state index >= 15 is 0 Å². The van der Waals surface area contributed by atoms with E-state index in [0.29, 0.717) is 38.0 Å². The summed E-state index contributed by atoms with van der Waals surface area (Å²) in [5.74, 6) is 1.54. The number of amidine groups is 1. The number of aliphatic imine (C=N–C) groups is 1. The molecule has 0 saturated carbocycles. The number of ether oxygens (including phenoxy) is 2. The van der Waals surface area contributed by atoms with Crippen LogP contribution in [-0.2, 0) is 17.6 Å². The summed E-state index contributed by atoms with van der Waals surface area (Å²) in [6.45, 7) is 4.64. The zero-order chi connectivity index (χ0) is 19.3. The third-order valence-corrected chi connectivity index (χ3v) is 5.84. The molecule has 0 unspecified atom stereocenters. The number of hydrogen-bond donors (Lipinski definition) is 0. The van der Waals surface area contributed by atoms with E-state index in [4.69, 9.17) is 14.5 Å². The van der Waals surface area contributed by atoms with Crippen LogP contribution in [-0.4, -0.2) is 47.5 Å². The lowest BCUT2D eigenvalue weighted by atomic mass is 10.1. The van der Waals surface area contributed by atoms with Gasteiger partial charge in [0.15, 0.2) is 16.7 Å². The van der Waals surface area contributed by atoms with Crippen molar-refractivity contribution < 1.29 is 14.3 Å². The molecule has 5 nitrogen and oxygen atoms in total. The number of fused-ring (bicyclic) bond motifs is 1. The Bertz CT molecular complexity index is 869. The molecule has 2 aromatic rings. The molecule has 0 N–H and O–H groups in total. The highest BCUT2D eigenvalue weighted by Gasteiger charge is 2.30. The quantitative estimate of drug-likeness (QED) is 0.775. The fourth-order valence-corrected chi connectivity index (χ4v) is 4.39. The normalized spacial score (nSPS) is 19.8. The van der Waals surface area contributed by atoms with Gasteiger partial charge in [-0.2, -0.15) is 0 Å². The second-order valence-electron chi connectivity index (χ2n) is 6.99. The fraction of sp³-hybridized carbons (Fsp3) is 0.364. The van der Waals surface area contributed by atoms with Gasteiger partial charge in [0.2, 0.25) is 5.91 Å². The maximum absolute atomic E-state index is 12.9. The van der Waals surface area contributed by atoms with Crippen LogP contribution < -0.4 is 9.47 Å². The van der Waals surface area contributed by atoms with E-state index in [9.17, 15) is 4.79 Å². The highest BCUT2D eigenvalue weighted by atomic mass is 32.2. The second-order valence-corrected chi connectivity index (χ2v) is 8.39. The standard InChI is InChI=1S/C22H24N2O3S/c1-16-15-24(22(28-16)23-10-9-17-5-3-2-4-6-17)21(25)14-18-7-8-19-20(13-18)27-12-11-26-19/h2-8,13,16H,9-12,14-15H2,1H3/t16-/m0/s1. The molecule has 4 rings (SSSR count). The van der Waals surface area contributed by atoms with Gasteiger partial charge in [0.1, 0.15) is 13.2 Å². The van der Waals surface area contributed by atoms with E-state index in [1.807, 2.05) is 41.3 Å². The van der Waals surface area contributed by atoms with Crippen molar-refractivity contribution in [3.05, 3.63) is 59.7 Å². The largest absolute Gasteiger partial charge is 0.486 e. The zero-order valence-electron chi connectivity index (χ0n) is 16.0. The van der Waals surface area contributed by atoms with Gasteiger partial charge in [-0.1, -0.05) is 55.1 Å². The Labute approximate surface area is 169 Å². The van der Waals surface area contributed by atoms with Crippen molar-refractivity contribution in [3.8, 4) is 11.5 Å². The van der Waals surface area contributed by atoms with Crippen molar-refractivity contribution in [3.63, 3.8) is 0 Å². The second kappa shape index (κ2) is 8.69. The molecule has 0 radical (unpaired) electrons. The summed E-state index contributed by atoms with van der Waals surface area (Å²) in [4.78, 5) is 19.5. The average molecular weight is 397 g/mol. The predicted molar refractivity (Wildman–Crippen MR) is 112 cm³/mol. The van der Waals surface area contributed by atoms with Crippen LogP contribution in [0.15, 0.2) is 53.5 Å².